The van der Waals surface area contributed by atoms with Gasteiger partial charge in [-0.25, -0.2) is 4.79 Å². The van der Waals surface area contributed by atoms with Gasteiger partial charge in [0.15, 0.2) is 5.79 Å². The third-order valence-corrected chi connectivity index (χ3v) is 4.73. The Bertz CT molecular complexity index is 576. The minimum Gasteiger partial charge on any atom is -0.445 e. The number of nitrogens with zero attached hydrogens (tertiary/aromatic N) is 1. The van der Waals surface area contributed by atoms with E-state index in [0.717, 1.165) is 18.4 Å². The molecule has 1 aromatic rings. The standard InChI is InChI=1S/C19H27NO5/c1-19(2)24-16-12-20(15(17(16)25-19)10-6-7-11-21)18(22)23-13-14-8-4-3-5-9-14/h3-5,8-9,15-17,21H,6-7,10-13H2,1-2H3/t15-,16+,17-/m0/s1. The van der Waals surface area contributed by atoms with Crippen LogP contribution in [0.4, 0.5) is 4.79 Å². The second kappa shape index (κ2) is 7.72. The van der Waals surface area contributed by atoms with Crippen LogP contribution in [0.3, 0.4) is 0 Å². The molecule has 0 unspecified atom stereocenters. The van der Waals surface area contributed by atoms with Gasteiger partial charge in [0, 0.05) is 6.61 Å². The highest BCUT2D eigenvalue weighted by atomic mass is 16.8. The largest absolute Gasteiger partial charge is 0.445 e. The first kappa shape index (κ1) is 18.2. The van der Waals surface area contributed by atoms with Gasteiger partial charge in [0.05, 0.1) is 12.6 Å². The summed E-state index contributed by atoms with van der Waals surface area (Å²) in [5.74, 6) is -0.620. The predicted molar refractivity (Wildman–Crippen MR) is 91.9 cm³/mol. The van der Waals surface area contributed by atoms with E-state index >= 15 is 0 Å². The molecule has 0 saturated carbocycles. The molecule has 138 valence electrons. The lowest BCUT2D eigenvalue weighted by Crippen LogP contribution is -2.42. The van der Waals surface area contributed by atoms with Crippen molar-refractivity contribution in [1.82, 2.24) is 4.90 Å². The van der Waals surface area contributed by atoms with Crippen LogP contribution in [0, 0.1) is 0 Å². The fraction of sp³-hybridized carbons (Fsp3) is 0.632. The molecule has 0 spiro atoms. The molecule has 0 aliphatic carbocycles. The van der Waals surface area contributed by atoms with Crippen molar-refractivity contribution in [3.8, 4) is 0 Å². The van der Waals surface area contributed by atoms with E-state index in [1.165, 1.54) is 0 Å². The summed E-state index contributed by atoms with van der Waals surface area (Å²) < 4.78 is 17.4. The number of benzene rings is 1. The van der Waals surface area contributed by atoms with E-state index in [1.807, 2.05) is 44.2 Å². The number of unbranched alkanes of at least 4 members (excludes halogenated alkanes) is 1. The lowest BCUT2D eigenvalue weighted by atomic mass is 10.0. The van der Waals surface area contributed by atoms with E-state index < -0.39 is 5.79 Å². The van der Waals surface area contributed by atoms with Crippen molar-refractivity contribution < 1.29 is 24.1 Å². The Kier molecular flexibility index (Phi) is 5.61. The Balaban J connectivity index is 1.63. The van der Waals surface area contributed by atoms with Crippen LogP contribution in [-0.4, -0.2) is 53.3 Å². The van der Waals surface area contributed by atoms with Gasteiger partial charge in [-0.1, -0.05) is 30.3 Å². The van der Waals surface area contributed by atoms with Crippen molar-refractivity contribution >= 4 is 6.09 Å². The summed E-state index contributed by atoms with van der Waals surface area (Å²) >= 11 is 0. The number of amides is 1. The topological polar surface area (TPSA) is 68.2 Å². The van der Waals surface area contributed by atoms with E-state index in [-0.39, 0.29) is 37.6 Å². The molecule has 6 heteroatoms. The van der Waals surface area contributed by atoms with E-state index in [0.29, 0.717) is 13.0 Å². The fourth-order valence-electron chi connectivity index (χ4n) is 3.63. The Morgan fingerprint density at radius 1 is 1.28 bits per heavy atom. The number of fused-ring (bicyclic) bond motifs is 1. The summed E-state index contributed by atoms with van der Waals surface area (Å²) in [4.78, 5) is 14.3. The van der Waals surface area contributed by atoms with E-state index in [2.05, 4.69) is 0 Å². The molecule has 1 N–H and O–H groups in total. The normalized spacial score (nSPS) is 27.3. The molecule has 2 aliphatic heterocycles. The maximum absolute atomic E-state index is 12.6. The first-order valence-corrected chi connectivity index (χ1v) is 8.94. The van der Waals surface area contributed by atoms with Gasteiger partial charge >= 0.3 is 6.09 Å². The lowest BCUT2D eigenvalue weighted by Gasteiger charge is -2.29. The van der Waals surface area contributed by atoms with Gasteiger partial charge in [0.1, 0.15) is 18.8 Å². The van der Waals surface area contributed by atoms with Crippen LogP contribution in [0.2, 0.25) is 0 Å². The molecule has 25 heavy (non-hydrogen) atoms. The summed E-state index contributed by atoms with van der Waals surface area (Å²) in [6, 6.07) is 9.55. The summed E-state index contributed by atoms with van der Waals surface area (Å²) in [5.41, 5.74) is 0.959. The fourth-order valence-corrected chi connectivity index (χ4v) is 3.63. The van der Waals surface area contributed by atoms with Crippen LogP contribution >= 0.6 is 0 Å². The number of aliphatic hydroxyl groups excluding tert-OH is 1. The first-order valence-electron chi connectivity index (χ1n) is 8.94. The van der Waals surface area contributed by atoms with E-state index in [4.69, 9.17) is 19.3 Å². The number of likely N-dealkylation sites (tertiary alicyclic amines) is 1. The van der Waals surface area contributed by atoms with Gasteiger partial charge in [0.2, 0.25) is 0 Å². The molecule has 3 atom stereocenters. The highest BCUT2D eigenvalue weighted by molar-refractivity contribution is 5.69. The molecule has 2 saturated heterocycles. The van der Waals surface area contributed by atoms with Crippen molar-refractivity contribution in [3.05, 3.63) is 35.9 Å². The number of rotatable bonds is 6. The molecule has 2 fully saturated rings. The predicted octanol–water partition coefficient (Wildman–Crippen LogP) is 2.69. The van der Waals surface area contributed by atoms with Crippen molar-refractivity contribution in [2.24, 2.45) is 0 Å². The van der Waals surface area contributed by atoms with Gasteiger partial charge in [-0.3, -0.25) is 4.90 Å². The molecule has 2 aliphatic rings. The first-order chi connectivity index (χ1) is 12.0. The van der Waals surface area contributed by atoms with Crippen LogP contribution < -0.4 is 0 Å². The van der Waals surface area contributed by atoms with Crippen LogP contribution in [0.25, 0.3) is 0 Å². The molecular formula is C19H27NO5. The second-order valence-corrected chi connectivity index (χ2v) is 7.12. The SMILES string of the molecule is CC1(C)O[C@@H]2[C@@H](CN(C(=O)OCc3ccccc3)[C@H]2CCCCO)O1. The maximum atomic E-state index is 12.6. The van der Waals surface area contributed by atoms with E-state index in [9.17, 15) is 4.79 Å². The summed E-state index contributed by atoms with van der Waals surface area (Å²) in [6.07, 6.45) is 1.71. The Hall–Kier alpha value is -1.63. The van der Waals surface area contributed by atoms with Crippen LogP contribution in [0.15, 0.2) is 30.3 Å². The molecule has 0 radical (unpaired) electrons. The van der Waals surface area contributed by atoms with E-state index in [1.54, 1.807) is 4.90 Å². The second-order valence-electron chi connectivity index (χ2n) is 7.12. The molecule has 1 amide bonds. The maximum Gasteiger partial charge on any atom is 0.410 e. The zero-order chi connectivity index (χ0) is 17.9. The van der Waals surface area contributed by atoms with Gasteiger partial charge in [0.25, 0.3) is 0 Å². The summed E-state index contributed by atoms with van der Waals surface area (Å²) in [6.45, 7) is 4.68. The molecule has 6 nitrogen and oxygen atoms in total. The minimum atomic E-state index is -0.620. The number of hydrogen-bond donors (Lipinski definition) is 1. The average molecular weight is 349 g/mol. The van der Waals surface area contributed by atoms with Gasteiger partial charge < -0.3 is 19.3 Å². The van der Waals surface area contributed by atoms with Crippen molar-refractivity contribution in [1.29, 1.82) is 0 Å². The number of hydrogen-bond acceptors (Lipinski definition) is 5. The number of carbonyl (C=O) groups is 1. The lowest BCUT2D eigenvalue weighted by molar-refractivity contribution is -0.160. The smallest absolute Gasteiger partial charge is 0.410 e. The van der Waals surface area contributed by atoms with Crippen molar-refractivity contribution in [3.63, 3.8) is 0 Å². The molecule has 2 heterocycles. The third-order valence-electron chi connectivity index (χ3n) is 4.73. The molecular weight excluding hydrogens is 322 g/mol. The monoisotopic (exact) mass is 349 g/mol. The zero-order valence-electron chi connectivity index (χ0n) is 14.9. The third kappa shape index (κ3) is 4.32. The van der Waals surface area contributed by atoms with Gasteiger partial charge in [-0.2, -0.15) is 0 Å². The molecule has 0 aromatic heterocycles. The number of ether oxygens (including phenoxy) is 3. The number of aliphatic hydroxyl groups is 1. The summed E-state index contributed by atoms with van der Waals surface area (Å²) in [7, 11) is 0. The van der Waals surface area contributed by atoms with Gasteiger partial charge in [-0.05, 0) is 38.7 Å². The van der Waals surface area contributed by atoms with Crippen LogP contribution in [-0.2, 0) is 20.8 Å². The van der Waals surface area contributed by atoms with Crippen molar-refractivity contribution in [2.45, 2.75) is 63.8 Å². The molecule has 0 bridgehead atoms. The quantitative estimate of drug-likeness (QED) is 0.800. The van der Waals surface area contributed by atoms with Crippen molar-refractivity contribution in [2.75, 3.05) is 13.2 Å². The minimum absolute atomic E-state index is 0.0819. The number of carbonyl (C=O) groups excluding carboxylic acids is 1. The van der Waals surface area contributed by atoms with Crippen LogP contribution in [0.1, 0.15) is 38.7 Å². The Labute approximate surface area is 148 Å². The van der Waals surface area contributed by atoms with Crippen LogP contribution in [0.5, 0.6) is 0 Å². The summed E-state index contributed by atoms with van der Waals surface area (Å²) in [5, 5.41) is 9.03. The molecule has 1 aromatic carbocycles. The van der Waals surface area contributed by atoms with Gasteiger partial charge in [-0.15, -0.1) is 0 Å². The Morgan fingerprint density at radius 2 is 2.04 bits per heavy atom. The zero-order valence-corrected chi connectivity index (χ0v) is 14.9. The highest BCUT2D eigenvalue weighted by Gasteiger charge is 2.53. The highest BCUT2D eigenvalue weighted by Crippen LogP contribution is 2.38. The molecule has 3 rings (SSSR count). The Morgan fingerprint density at radius 3 is 2.76 bits per heavy atom. The average Bonchev–Trinajstić information content (AvgIpc) is 3.06.